The van der Waals surface area contributed by atoms with Gasteiger partial charge in [0.1, 0.15) is 11.0 Å². The van der Waals surface area contributed by atoms with Gasteiger partial charge in [-0.1, -0.05) is 57.5 Å². The molecule has 178 valence electrons. The number of ether oxygens (including phenoxy) is 1. The molecule has 0 aliphatic carbocycles. The lowest BCUT2D eigenvalue weighted by atomic mass is 10.0. The number of carboxylic acids is 1. The minimum absolute atomic E-state index is 0.104. The highest BCUT2D eigenvalue weighted by Crippen LogP contribution is 3.02. The molecule has 0 fully saturated rings. The zero-order valence-corrected chi connectivity index (χ0v) is 18.3. The van der Waals surface area contributed by atoms with Gasteiger partial charge in [0, 0.05) is 0 Å². The number of carbonyl (C=O) groups excluding carboxylic acids is 1. The van der Waals surface area contributed by atoms with Crippen LogP contribution in [-0.4, -0.2) is 23.1 Å². The number of halogens is 5. The van der Waals surface area contributed by atoms with E-state index in [1.165, 1.54) is 12.1 Å². The van der Waals surface area contributed by atoms with Crippen molar-refractivity contribution in [3.63, 3.8) is 0 Å². The fourth-order valence-electron chi connectivity index (χ4n) is 2.89. The number of hydrogen-bond donors (Lipinski definition) is 2. The number of carboxylic acid groups (broad SMARTS) is 1. The lowest BCUT2D eigenvalue weighted by Crippen LogP contribution is -2.40. The maximum absolute atomic E-state index is 12.8. The Hall–Kier alpha value is -2.66. The van der Waals surface area contributed by atoms with Gasteiger partial charge >= 0.3 is 16.2 Å². The van der Waals surface area contributed by atoms with Crippen LogP contribution in [0.5, 0.6) is 0 Å². The van der Waals surface area contributed by atoms with Crippen LogP contribution in [0.25, 0.3) is 0 Å². The summed E-state index contributed by atoms with van der Waals surface area (Å²) in [6, 6.07) is 7.86. The Morgan fingerprint density at radius 3 is 1.91 bits per heavy atom. The molecule has 0 aliphatic heterocycles. The van der Waals surface area contributed by atoms with Gasteiger partial charge in [-0.3, -0.25) is 4.79 Å². The summed E-state index contributed by atoms with van der Waals surface area (Å²) in [6.45, 7) is 4.88. The number of rotatable bonds is 9. The van der Waals surface area contributed by atoms with Crippen LogP contribution in [0.4, 0.5) is 19.4 Å². The average molecular weight is 481 g/mol. The number of aromatic carboxylic acids is 1. The number of carbonyl (C=O) groups is 2. The molecule has 2 aromatic carbocycles. The normalized spacial score (nSPS) is 16.0. The van der Waals surface area contributed by atoms with Crippen molar-refractivity contribution in [2.75, 3.05) is 0 Å². The molecule has 1 amide bonds. The van der Waals surface area contributed by atoms with Crippen LogP contribution in [-0.2, 0) is 16.1 Å². The molecule has 2 rings (SSSR count). The lowest BCUT2D eigenvalue weighted by Gasteiger charge is -2.40. The second kappa shape index (κ2) is 8.36. The molecule has 0 bridgehead atoms. The first-order chi connectivity index (χ1) is 14.5. The highest BCUT2D eigenvalue weighted by molar-refractivity contribution is 8.45. The van der Waals surface area contributed by atoms with Gasteiger partial charge < -0.3 is 15.2 Å². The summed E-state index contributed by atoms with van der Waals surface area (Å²) in [4.78, 5) is 21.6. The maximum atomic E-state index is 12.8. The molecule has 2 N–H and O–H groups in total. The highest BCUT2D eigenvalue weighted by Gasteiger charge is 2.65. The minimum atomic E-state index is -9.74. The molecule has 32 heavy (non-hydrogen) atoms. The molecule has 0 heterocycles. The maximum Gasteiger partial charge on any atom is 0.335 e. The second-order valence-electron chi connectivity index (χ2n) is 7.75. The topological polar surface area (TPSA) is 75.6 Å². The molecule has 11 heteroatoms. The van der Waals surface area contributed by atoms with E-state index in [9.17, 15) is 29.0 Å². The van der Waals surface area contributed by atoms with Crippen molar-refractivity contribution in [3.8, 4) is 0 Å². The molecule has 0 radical (unpaired) electrons. The van der Waals surface area contributed by atoms with Crippen molar-refractivity contribution in [2.45, 2.75) is 44.4 Å². The fraction of sp³-hybridized carbons (Fsp3) is 0.333. The third kappa shape index (κ3) is 6.92. The van der Waals surface area contributed by atoms with E-state index in [2.05, 4.69) is 5.32 Å². The van der Waals surface area contributed by atoms with Gasteiger partial charge in [0.05, 0.1) is 18.2 Å². The predicted octanol–water partition coefficient (Wildman–Crippen LogP) is 6.46. The smallest absolute Gasteiger partial charge is 0.335 e. The molecule has 0 saturated heterocycles. The summed E-state index contributed by atoms with van der Waals surface area (Å²) < 4.78 is 69.6. The molecular formula is C21H24F5NO4S. The molecule has 0 aromatic heterocycles. The zero-order chi connectivity index (χ0) is 24.4. The third-order valence-electron chi connectivity index (χ3n) is 4.68. The van der Waals surface area contributed by atoms with E-state index in [4.69, 9.17) is 9.84 Å². The van der Waals surface area contributed by atoms with Gasteiger partial charge in [-0.25, -0.2) is 4.79 Å². The van der Waals surface area contributed by atoms with Gasteiger partial charge in [0.15, 0.2) is 0 Å². The lowest BCUT2D eigenvalue weighted by molar-refractivity contribution is -0.137. The number of benzene rings is 2. The van der Waals surface area contributed by atoms with Crippen molar-refractivity contribution >= 4 is 22.1 Å². The van der Waals surface area contributed by atoms with Gasteiger partial charge in [0.2, 0.25) is 5.91 Å². The Morgan fingerprint density at radius 2 is 1.47 bits per heavy atom. The van der Waals surface area contributed by atoms with Crippen LogP contribution in [0.3, 0.4) is 0 Å². The SMILES string of the molecule is CC(C)[C@@H](OCc1ccc(S(F)(F)(F)(F)F)cc1)C(=O)N[C@@H](C)c1ccc(C(=O)O)cc1. The molecule has 5 nitrogen and oxygen atoms in total. The number of amides is 1. The predicted molar refractivity (Wildman–Crippen MR) is 111 cm³/mol. The Labute approximate surface area is 182 Å². The summed E-state index contributed by atoms with van der Waals surface area (Å²) in [5.41, 5.74) is 0.968. The van der Waals surface area contributed by atoms with E-state index in [0.29, 0.717) is 17.7 Å². The number of hydrogen-bond acceptors (Lipinski definition) is 3. The summed E-state index contributed by atoms with van der Waals surface area (Å²) >= 11 is 0. The van der Waals surface area contributed by atoms with Gasteiger partial charge in [-0.05, 0) is 48.2 Å². The monoisotopic (exact) mass is 481 g/mol. The van der Waals surface area contributed by atoms with Crippen molar-refractivity contribution in [1.82, 2.24) is 5.32 Å². The standard InChI is InChI=1S/C21H24F5NO4S/c1-13(2)19(20(28)27-14(3)16-6-8-17(9-7-16)21(29)30)31-12-15-4-10-18(11-5-15)32(22,23,24,25)26/h4-11,13-14,19H,12H2,1-3H3,(H,27,28)(H,29,30)/t14-,19+/m0/s1. The molecule has 0 spiro atoms. The Balaban J connectivity index is 2.04. The summed E-state index contributed by atoms with van der Waals surface area (Å²) in [6.07, 6.45) is -0.953. The van der Waals surface area contributed by atoms with Crippen molar-refractivity contribution < 1.29 is 38.9 Å². The van der Waals surface area contributed by atoms with E-state index in [0.717, 1.165) is 12.1 Å². The Bertz CT molecular complexity index is 977. The first-order valence-electron chi connectivity index (χ1n) is 9.56. The summed E-state index contributed by atoms with van der Waals surface area (Å²) in [7, 11) is -9.74. The van der Waals surface area contributed by atoms with Crippen LogP contribution >= 0.6 is 10.2 Å². The van der Waals surface area contributed by atoms with E-state index in [1.54, 1.807) is 32.9 Å². The van der Waals surface area contributed by atoms with Crippen molar-refractivity contribution in [3.05, 3.63) is 65.2 Å². The molecule has 2 aromatic rings. The zero-order valence-electron chi connectivity index (χ0n) is 17.5. The molecular weight excluding hydrogens is 457 g/mol. The van der Waals surface area contributed by atoms with Crippen LogP contribution in [0.2, 0.25) is 0 Å². The van der Waals surface area contributed by atoms with Gasteiger partial charge in [-0.15, -0.1) is 0 Å². The van der Waals surface area contributed by atoms with Crippen LogP contribution in [0, 0.1) is 5.92 Å². The first kappa shape index (κ1) is 25.6. The van der Waals surface area contributed by atoms with Crippen molar-refractivity contribution in [1.29, 1.82) is 0 Å². The van der Waals surface area contributed by atoms with E-state index >= 15 is 0 Å². The van der Waals surface area contributed by atoms with Crippen LogP contribution in [0.15, 0.2) is 53.4 Å². The summed E-state index contributed by atoms with van der Waals surface area (Å²) in [5, 5.41) is 11.7. The molecule has 0 unspecified atom stereocenters. The Morgan fingerprint density at radius 1 is 0.938 bits per heavy atom. The second-order valence-corrected chi connectivity index (χ2v) is 10.2. The van der Waals surface area contributed by atoms with E-state index < -0.39 is 39.1 Å². The van der Waals surface area contributed by atoms with Crippen LogP contribution in [0.1, 0.15) is 48.3 Å². The van der Waals surface area contributed by atoms with E-state index in [-0.39, 0.29) is 23.7 Å². The fourth-order valence-corrected chi connectivity index (χ4v) is 3.54. The first-order valence-corrected chi connectivity index (χ1v) is 11.5. The quantitative estimate of drug-likeness (QED) is 0.403. The van der Waals surface area contributed by atoms with Crippen molar-refractivity contribution in [2.24, 2.45) is 5.92 Å². The molecule has 0 aliphatic rings. The minimum Gasteiger partial charge on any atom is -0.478 e. The average Bonchev–Trinajstić information content (AvgIpc) is 2.66. The Kier molecular flexibility index (Phi) is 6.69. The van der Waals surface area contributed by atoms with Gasteiger partial charge in [0.25, 0.3) is 0 Å². The molecule has 0 saturated carbocycles. The van der Waals surface area contributed by atoms with E-state index in [1.807, 2.05) is 0 Å². The number of nitrogens with one attached hydrogen (secondary N) is 1. The molecule has 2 atom stereocenters. The summed E-state index contributed by atoms with van der Waals surface area (Å²) in [5.74, 6) is -1.84. The highest BCUT2D eigenvalue weighted by atomic mass is 32.5. The largest absolute Gasteiger partial charge is 0.478 e. The third-order valence-corrected chi connectivity index (χ3v) is 5.84. The van der Waals surface area contributed by atoms with Gasteiger partial charge in [-0.2, -0.15) is 0 Å². The van der Waals surface area contributed by atoms with Crippen LogP contribution < -0.4 is 5.32 Å².